The maximum absolute atomic E-state index is 13.1. The highest BCUT2D eigenvalue weighted by Gasteiger charge is 2.37. The van der Waals surface area contributed by atoms with Gasteiger partial charge >= 0.3 is 0 Å². The van der Waals surface area contributed by atoms with Crippen LogP contribution in [0.5, 0.6) is 17.2 Å². The van der Waals surface area contributed by atoms with Gasteiger partial charge in [-0.1, -0.05) is 11.6 Å². The third-order valence-corrected chi connectivity index (χ3v) is 7.09. The Morgan fingerprint density at radius 2 is 1.46 bits per heavy atom. The average molecular weight is 559 g/mol. The van der Waals surface area contributed by atoms with Crippen LogP contribution >= 0.6 is 23.4 Å². The average Bonchev–Trinajstić information content (AvgIpc) is 3.19. The topological polar surface area (TPSA) is 84.9 Å². The van der Waals surface area contributed by atoms with Crippen molar-refractivity contribution in [1.29, 1.82) is 0 Å². The van der Waals surface area contributed by atoms with Gasteiger partial charge in [-0.25, -0.2) is 4.90 Å². The molecule has 4 aromatic carbocycles. The number of amides is 3. The number of ether oxygens (including phenoxy) is 2. The van der Waals surface area contributed by atoms with Crippen molar-refractivity contribution in [1.82, 2.24) is 0 Å². The van der Waals surface area contributed by atoms with Gasteiger partial charge in [0.25, 0.3) is 11.8 Å². The molecule has 0 aromatic heterocycles. The molecule has 0 aliphatic carbocycles. The van der Waals surface area contributed by atoms with E-state index in [0.29, 0.717) is 45.8 Å². The molecule has 196 valence electrons. The molecule has 1 N–H and O–H groups in total. The van der Waals surface area contributed by atoms with E-state index >= 15 is 0 Å². The summed E-state index contributed by atoms with van der Waals surface area (Å²) in [7, 11) is 0. The number of thioether (sulfide) groups is 1. The molecule has 1 aliphatic heterocycles. The van der Waals surface area contributed by atoms with Crippen LogP contribution in [0.1, 0.15) is 27.6 Å². The molecule has 0 bridgehead atoms. The Kier molecular flexibility index (Phi) is 7.86. The van der Waals surface area contributed by atoms with Gasteiger partial charge in [0.2, 0.25) is 5.91 Å². The van der Waals surface area contributed by atoms with Gasteiger partial charge in [-0.15, -0.1) is 11.8 Å². The lowest BCUT2D eigenvalue weighted by molar-refractivity contribution is -0.113. The lowest BCUT2D eigenvalue weighted by Crippen LogP contribution is -2.29. The molecule has 0 atom stereocenters. The molecule has 3 amide bonds. The molecule has 4 aromatic rings. The largest absolute Gasteiger partial charge is 0.494 e. The van der Waals surface area contributed by atoms with Gasteiger partial charge < -0.3 is 14.8 Å². The van der Waals surface area contributed by atoms with Crippen molar-refractivity contribution >= 4 is 52.5 Å². The second-order valence-electron chi connectivity index (χ2n) is 8.50. The number of imide groups is 1. The van der Waals surface area contributed by atoms with Crippen molar-refractivity contribution in [3.05, 3.63) is 107 Å². The van der Waals surface area contributed by atoms with E-state index in [2.05, 4.69) is 5.32 Å². The first kappa shape index (κ1) is 26.3. The van der Waals surface area contributed by atoms with Crippen LogP contribution < -0.4 is 19.7 Å². The summed E-state index contributed by atoms with van der Waals surface area (Å²) in [4.78, 5) is 40.5. The highest BCUT2D eigenvalue weighted by Crippen LogP contribution is 2.33. The molecule has 0 radical (unpaired) electrons. The van der Waals surface area contributed by atoms with Crippen LogP contribution in [-0.2, 0) is 4.79 Å². The van der Waals surface area contributed by atoms with Gasteiger partial charge in [0.15, 0.2) is 0 Å². The number of anilines is 2. The predicted molar refractivity (Wildman–Crippen MR) is 153 cm³/mol. The van der Waals surface area contributed by atoms with E-state index in [0.717, 1.165) is 9.80 Å². The zero-order chi connectivity index (χ0) is 27.4. The van der Waals surface area contributed by atoms with Crippen molar-refractivity contribution in [3.8, 4) is 17.2 Å². The number of carbonyl (C=O) groups is 3. The molecule has 0 saturated heterocycles. The molecule has 1 heterocycles. The summed E-state index contributed by atoms with van der Waals surface area (Å²) in [6, 6.07) is 25.8. The molecule has 1 aliphatic rings. The molecule has 39 heavy (non-hydrogen) atoms. The minimum Gasteiger partial charge on any atom is -0.494 e. The van der Waals surface area contributed by atoms with E-state index < -0.39 is 5.91 Å². The predicted octanol–water partition coefficient (Wildman–Crippen LogP) is 7.06. The number of hydrogen-bond donors (Lipinski definition) is 1. The van der Waals surface area contributed by atoms with Gasteiger partial charge in [0, 0.05) is 15.6 Å². The van der Waals surface area contributed by atoms with Crippen LogP contribution in [0.3, 0.4) is 0 Å². The van der Waals surface area contributed by atoms with Gasteiger partial charge in [0.05, 0.1) is 29.2 Å². The number of rotatable bonds is 9. The van der Waals surface area contributed by atoms with Crippen molar-refractivity contribution in [2.45, 2.75) is 11.8 Å². The van der Waals surface area contributed by atoms with Gasteiger partial charge in [0.1, 0.15) is 17.2 Å². The summed E-state index contributed by atoms with van der Waals surface area (Å²) < 4.78 is 11.4. The molecule has 7 nitrogen and oxygen atoms in total. The first-order chi connectivity index (χ1) is 18.9. The van der Waals surface area contributed by atoms with E-state index in [4.69, 9.17) is 21.1 Å². The van der Waals surface area contributed by atoms with Crippen molar-refractivity contribution in [3.63, 3.8) is 0 Å². The van der Waals surface area contributed by atoms with E-state index in [9.17, 15) is 14.4 Å². The van der Waals surface area contributed by atoms with E-state index in [1.54, 1.807) is 78.9 Å². The van der Waals surface area contributed by atoms with Crippen molar-refractivity contribution < 1.29 is 23.9 Å². The Morgan fingerprint density at radius 3 is 2.15 bits per heavy atom. The normalized spacial score (nSPS) is 12.3. The maximum Gasteiger partial charge on any atom is 0.266 e. The third-order valence-electron chi connectivity index (χ3n) is 5.82. The molecular formula is C30H23ClN2O5S. The fourth-order valence-corrected chi connectivity index (χ4v) is 4.82. The standard InChI is InChI=1S/C30H23ClN2O5S/c1-2-37-22-11-7-21(8-12-22)33-29(35)26-16-13-24(17-27(26)30(33)36)38-23-9-5-20(6-10-23)32-28(34)18-39-25-14-3-19(31)4-15-25/h3-17H,2,18H2,1H3,(H,32,34). The number of carbonyl (C=O) groups excluding carboxylic acids is 3. The highest BCUT2D eigenvalue weighted by molar-refractivity contribution is 8.00. The van der Waals surface area contributed by atoms with Crippen LogP contribution in [0.25, 0.3) is 0 Å². The number of nitrogens with zero attached hydrogens (tertiary/aromatic N) is 1. The number of hydrogen-bond acceptors (Lipinski definition) is 6. The summed E-state index contributed by atoms with van der Waals surface area (Å²) in [6.45, 7) is 2.41. The number of halogens is 1. The summed E-state index contributed by atoms with van der Waals surface area (Å²) in [5.41, 5.74) is 1.69. The quantitative estimate of drug-likeness (QED) is 0.175. The highest BCUT2D eigenvalue weighted by atomic mass is 35.5. The second-order valence-corrected chi connectivity index (χ2v) is 9.98. The number of fused-ring (bicyclic) bond motifs is 1. The zero-order valence-electron chi connectivity index (χ0n) is 20.8. The summed E-state index contributed by atoms with van der Waals surface area (Å²) in [5.74, 6) is 0.913. The molecule has 5 rings (SSSR count). The van der Waals surface area contributed by atoms with E-state index in [1.165, 1.54) is 11.8 Å². The summed E-state index contributed by atoms with van der Waals surface area (Å²) >= 11 is 7.31. The van der Waals surface area contributed by atoms with E-state index in [1.807, 2.05) is 19.1 Å². The second kappa shape index (κ2) is 11.6. The lowest BCUT2D eigenvalue weighted by Gasteiger charge is -2.14. The molecule has 0 saturated carbocycles. The summed E-state index contributed by atoms with van der Waals surface area (Å²) in [5, 5.41) is 3.50. The Hall–Kier alpha value is -4.27. The van der Waals surface area contributed by atoms with Crippen LogP contribution in [0.2, 0.25) is 5.02 Å². The molecular weight excluding hydrogens is 536 g/mol. The van der Waals surface area contributed by atoms with Crippen LogP contribution in [0.4, 0.5) is 11.4 Å². The van der Waals surface area contributed by atoms with Crippen molar-refractivity contribution in [2.75, 3.05) is 22.6 Å². The first-order valence-electron chi connectivity index (χ1n) is 12.1. The monoisotopic (exact) mass is 558 g/mol. The van der Waals surface area contributed by atoms with Gasteiger partial charge in [-0.3, -0.25) is 14.4 Å². The van der Waals surface area contributed by atoms with Crippen molar-refractivity contribution in [2.24, 2.45) is 0 Å². The third kappa shape index (κ3) is 6.08. The van der Waals surface area contributed by atoms with Crippen LogP contribution in [0, 0.1) is 0 Å². The number of nitrogens with one attached hydrogen (secondary N) is 1. The Morgan fingerprint density at radius 1 is 0.821 bits per heavy atom. The lowest BCUT2D eigenvalue weighted by atomic mass is 10.1. The van der Waals surface area contributed by atoms with Crippen LogP contribution in [0.15, 0.2) is 95.9 Å². The number of benzene rings is 4. The molecule has 9 heteroatoms. The van der Waals surface area contributed by atoms with Gasteiger partial charge in [-0.05, 0) is 97.9 Å². The minimum absolute atomic E-state index is 0.137. The van der Waals surface area contributed by atoms with Gasteiger partial charge in [-0.2, -0.15) is 0 Å². The fraction of sp³-hybridized carbons (Fsp3) is 0.100. The Bertz CT molecular complexity index is 1520. The SMILES string of the molecule is CCOc1ccc(N2C(=O)c3ccc(Oc4ccc(NC(=O)CSc5ccc(Cl)cc5)cc4)cc3C2=O)cc1. The maximum atomic E-state index is 13.1. The Labute approximate surface area is 234 Å². The zero-order valence-corrected chi connectivity index (χ0v) is 22.4. The smallest absolute Gasteiger partial charge is 0.266 e. The fourth-order valence-electron chi connectivity index (χ4n) is 4.00. The first-order valence-corrected chi connectivity index (χ1v) is 13.5. The van der Waals surface area contributed by atoms with E-state index in [-0.39, 0.29) is 23.1 Å². The summed E-state index contributed by atoms with van der Waals surface area (Å²) in [6.07, 6.45) is 0. The Balaban J connectivity index is 1.21. The minimum atomic E-state index is -0.417. The molecule has 0 fully saturated rings. The molecule has 0 unspecified atom stereocenters. The van der Waals surface area contributed by atoms with Crippen LogP contribution in [-0.4, -0.2) is 30.1 Å². The molecule has 0 spiro atoms.